The van der Waals surface area contributed by atoms with Gasteiger partial charge in [0.2, 0.25) is 10.8 Å². The van der Waals surface area contributed by atoms with Crippen molar-refractivity contribution in [2.24, 2.45) is 10.8 Å². The van der Waals surface area contributed by atoms with E-state index in [0.717, 1.165) is 9.88 Å². The van der Waals surface area contributed by atoms with Crippen LogP contribution in [-0.4, -0.2) is 70.9 Å². The van der Waals surface area contributed by atoms with Crippen molar-refractivity contribution >= 4 is 0 Å². The standard InChI is InChI=1S/C14F24O2/c15-3-6(19,20)1(10(27,28)13(33,34)39-37)5(17,18)2(8(3,23)24,11(29,30)14(35,36)40-38)9(25,26)4(16,7(1,21)22)12(3,31)32. The zero-order valence-corrected chi connectivity index (χ0v) is 16.9. The van der Waals surface area contributed by atoms with Crippen molar-refractivity contribution in [1.29, 1.82) is 0 Å². The molecule has 4 aliphatic carbocycles. The Labute approximate surface area is 198 Å². The fourth-order valence-corrected chi connectivity index (χ4v) is 5.63. The van der Waals surface area contributed by atoms with Gasteiger partial charge in [0, 0.05) is 0 Å². The van der Waals surface area contributed by atoms with E-state index >= 15 is 17.6 Å². The van der Waals surface area contributed by atoms with Crippen molar-refractivity contribution in [2.45, 2.75) is 70.9 Å². The van der Waals surface area contributed by atoms with Gasteiger partial charge in [-0.3, -0.25) is 0 Å². The Bertz CT molecular complexity index is 991. The van der Waals surface area contributed by atoms with Gasteiger partial charge in [0.05, 0.1) is 0 Å². The van der Waals surface area contributed by atoms with E-state index in [2.05, 4.69) is 0 Å². The van der Waals surface area contributed by atoms with E-state index in [9.17, 15) is 88.1 Å². The van der Waals surface area contributed by atoms with Gasteiger partial charge >= 0.3 is 65.0 Å². The summed E-state index contributed by atoms with van der Waals surface area (Å²) >= 11 is 0. The summed E-state index contributed by atoms with van der Waals surface area (Å²) in [5.74, 6) is -74.7. The first kappa shape index (κ1) is 32.8. The van der Waals surface area contributed by atoms with Gasteiger partial charge in [0.25, 0.3) is 5.92 Å². The van der Waals surface area contributed by atoms with Crippen LogP contribution in [0.15, 0.2) is 0 Å². The van der Waals surface area contributed by atoms with Crippen LogP contribution in [0.3, 0.4) is 0 Å². The number of hydrogen-bond acceptors (Lipinski definition) is 2. The van der Waals surface area contributed by atoms with Crippen molar-refractivity contribution in [3.05, 3.63) is 0 Å². The van der Waals surface area contributed by atoms with Gasteiger partial charge in [-0.15, -0.1) is 9.88 Å². The summed E-state index contributed by atoms with van der Waals surface area (Å²) in [5, 5.41) is 0. The quantitative estimate of drug-likeness (QED) is 0.276. The molecule has 4 bridgehead atoms. The monoisotopic (exact) mass is 656 g/mol. The second-order valence-corrected chi connectivity index (χ2v) is 8.60. The van der Waals surface area contributed by atoms with Crippen molar-refractivity contribution in [3.8, 4) is 0 Å². The lowest BCUT2D eigenvalue weighted by Gasteiger charge is -2.78. The minimum Gasteiger partial charge on any atom is -0.223 e. The maximum atomic E-state index is 15.2. The molecule has 4 rings (SSSR count). The van der Waals surface area contributed by atoms with Gasteiger partial charge in [0.15, 0.2) is 0 Å². The number of alkyl halides is 22. The minimum absolute atomic E-state index is 0.790. The molecule has 0 aliphatic heterocycles. The zero-order valence-electron chi connectivity index (χ0n) is 16.9. The van der Waals surface area contributed by atoms with E-state index in [1.54, 1.807) is 0 Å². The Balaban J connectivity index is 2.96. The minimum atomic E-state index is -9.74. The van der Waals surface area contributed by atoms with E-state index in [1.807, 2.05) is 0 Å². The average molecular weight is 656 g/mol. The van der Waals surface area contributed by atoms with Gasteiger partial charge in [0.1, 0.15) is 0 Å². The van der Waals surface area contributed by atoms with Crippen molar-refractivity contribution in [3.63, 3.8) is 0 Å². The SMILES string of the molecule is FOC(F)(F)C(F)(F)C12C(F)(F)C3(F)C(F)(F)C(F)(C1(F)F)C(F)(F)C(C(F)(F)C(F)(F)OF)(C3(F)F)C2(F)F. The Morgan fingerprint density at radius 1 is 0.325 bits per heavy atom. The molecule has 26 heteroatoms. The van der Waals surface area contributed by atoms with Gasteiger partial charge in [-0.2, -0.15) is 43.9 Å². The van der Waals surface area contributed by atoms with Gasteiger partial charge < -0.3 is 0 Å². The molecule has 0 radical (unpaired) electrons. The van der Waals surface area contributed by atoms with Crippen molar-refractivity contribution < 1.29 is 116 Å². The molecule has 0 aromatic heterocycles. The smallest absolute Gasteiger partial charge is 0.223 e. The lowest BCUT2D eigenvalue weighted by Crippen LogP contribution is -3.10. The van der Waals surface area contributed by atoms with Crippen molar-refractivity contribution in [2.75, 3.05) is 0 Å². The molecule has 0 aromatic carbocycles. The zero-order chi connectivity index (χ0) is 32.4. The van der Waals surface area contributed by atoms with E-state index < -0.39 is 81.8 Å². The van der Waals surface area contributed by atoms with Crippen LogP contribution >= 0.6 is 0 Å². The molecule has 4 fully saturated rings. The molecular formula is C14F24O2. The summed E-state index contributed by atoms with van der Waals surface area (Å²) in [7, 11) is 0. The lowest BCUT2D eigenvalue weighted by molar-refractivity contribution is -0.668. The maximum Gasteiger partial charge on any atom is 0.450 e. The number of rotatable bonds is 6. The molecule has 40 heavy (non-hydrogen) atoms. The van der Waals surface area contributed by atoms with Crippen LogP contribution in [0.1, 0.15) is 0 Å². The molecule has 2 nitrogen and oxygen atoms in total. The fraction of sp³-hybridized carbons (Fsp3) is 1.00. The highest BCUT2D eigenvalue weighted by atomic mass is 19.4. The summed E-state index contributed by atoms with van der Waals surface area (Å²) in [6, 6.07) is 0. The maximum absolute atomic E-state index is 15.2. The van der Waals surface area contributed by atoms with Crippen molar-refractivity contribution in [1.82, 2.24) is 0 Å². The first-order chi connectivity index (χ1) is 17.1. The van der Waals surface area contributed by atoms with Crippen LogP contribution in [0.4, 0.5) is 106 Å². The Kier molecular flexibility index (Phi) is 5.64. The van der Waals surface area contributed by atoms with E-state index in [1.165, 1.54) is 0 Å². The molecule has 236 valence electrons. The predicted molar refractivity (Wildman–Crippen MR) is 66.4 cm³/mol. The normalized spacial score (nSPS) is 40.8. The molecule has 4 saturated carbocycles. The molecule has 0 spiro atoms. The molecule has 4 aliphatic rings. The molecule has 0 atom stereocenters. The van der Waals surface area contributed by atoms with Crippen LogP contribution in [0.5, 0.6) is 0 Å². The molecule has 0 amide bonds. The summed E-state index contributed by atoms with van der Waals surface area (Å²) < 4.78 is 344. The largest absolute Gasteiger partial charge is 0.450 e. The van der Waals surface area contributed by atoms with Gasteiger partial charge in [-0.1, -0.05) is 0 Å². The first-order valence-corrected chi connectivity index (χ1v) is 8.87. The molecule has 0 N–H and O–H groups in total. The second kappa shape index (κ2) is 6.89. The van der Waals surface area contributed by atoms with Gasteiger partial charge in [-0.25, -0.2) is 52.7 Å². The number of halogens is 24. The van der Waals surface area contributed by atoms with Crippen LogP contribution in [0, 0.1) is 10.8 Å². The first-order valence-electron chi connectivity index (χ1n) is 8.87. The van der Waals surface area contributed by atoms with Crippen LogP contribution < -0.4 is 0 Å². The van der Waals surface area contributed by atoms with Crippen LogP contribution in [0.2, 0.25) is 0 Å². The summed E-state index contributed by atoms with van der Waals surface area (Å²) in [4.78, 5) is 1.58. The van der Waals surface area contributed by atoms with E-state index in [4.69, 9.17) is 0 Å². The third-order valence-electron chi connectivity index (χ3n) is 7.29. The van der Waals surface area contributed by atoms with Crippen LogP contribution in [0.25, 0.3) is 0 Å². The molecule has 0 saturated heterocycles. The average Bonchev–Trinajstić information content (AvgIpc) is 2.73. The summed E-state index contributed by atoms with van der Waals surface area (Å²) in [6.07, 6.45) is -16.7. The fourth-order valence-electron chi connectivity index (χ4n) is 5.63. The van der Waals surface area contributed by atoms with Crippen LogP contribution in [-0.2, 0) is 9.88 Å². The highest BCUT2D eigenvalue weighted by Crippen LogP contribution is 2.96. The van der Waals surface area contributed by atoms with E-state index in [-0.39, 0.29) is 0 Å². The summed E-state index contributed by atoms with van der Waals surface area (Å²) in [6.45, 7) is 0. The third-order valence-corrected chi connectivity index (χ3v) is 7.29. The molecule has 0 unspecified atom stereocenters. The van der Waals surface area contributed by atoms with E-state index in [0.29, 0.717) is 0 Å². The highest BCUT2D eigenvalue weighted by Gasteiger charge is 3.27. The Morgan fingerprint density at radius 2 is 0.525 bits per heavy atom. The molecule has 0 heterocycles. The van der Waals surface area contributed by atoms with Gasteiger partial charge in [-0.05, 0) is 9.05 Å². The Hall–Kier alpha value is -1.76. The highest BCUT2D eigenvalue weighted by molar-refractivity contribution is 5.54. The molecule has 0 aromatic rings. The topological polar surface area (TPSA) is 18.5 Å². The number of hydrogen-bond donors (Lipinski definition) is 0. The Morgan fingerprint density at radius 3 is 0.700 bits per heavy atom. The third kappa shape index (κ3) is 2.05. The summed E-state index contributed by atoms with van der Waals surface area (Å²) in [5.41, 5.74) is -37.6. The predicted octanol–water partition coefficient (Wildman–Crippen LogP) is 7.49. The molecular weight excluding hydrogens is 656 g/mol. The second-order valence-electron chi connectivity index (χ2n) is 8.60. The lowest BCUT2D eigenvalue weighted by atomic mass is 9.30.